The lowest BCUT2D eigenvalue weighted by Crippen LogP contribution is -2.39. The number of nitrogens with zero attached hydrogens (tertiary/aromatic N) is 3. The summed E-state index contributed by atoms with van der Waals surface area (Å²) in [5, 5.41) is 3.00. The molecule has 0 atom stereocenters. The van der Waals surface area contributed by atoms with Crippen molar-refractivity contribution in [1.29, 1.82) is 0 Å². The van der Waals surface area contributed by atoms with Crippen molar-refractivity contribution in [3.05, 3.63) is 47.7 Å². The molecule has 1 N–H and O–H groups in total. The van der Waals surface area contributed by atoms with Crippen molar-refractivity contribution < 1.29 is 25.6 Å². The van der Waals surface area contributed by atoms with Gasteiger partial charge in [-0.2, -0.15) is 8.42 Å². The highest BCUT2D eigenvalue weighted by molar-refractivity contribution is 7.89. The van der Waals surface area contributed by atoms with Crippen molar-refractivity contribution in [2.24, 2.45) is 0 Å². The summed E-state index contributed by atoms with van der Waals surface area (Å²) in [6.45, 7) is 4.81. The van der Waals surface area contributed by atoms with E-state index in [2.05, 4.69) is 15.3 Å². The van der Waals surface area contributed by atoms with Crippen LogP contribution in [-0.2, 0) is 21.6 Å². The van der Waals surface area contributed by atoms with Crippen LogP contribution < -0.4 is 5.32 Å². The van der Waals surface area contributed by atoms with Crippen LogP contribution in [0, 0.1) is 12.7 Å². The quantitative estimate of drug-likeness (QED) is 0.505. The lowest BCUT2D eigenvalue weighted by Gasteiger charge is -2.30. The van der Waals surface area contributed by atoms with Crippen LogP contribution in [-0.4, -0.2) is 50.0 Å². The van der Waals surface area contributed by atoms with Gasteiger partial charge in [-0.3, -0.25) is 0 Å². The molecule has 34 heavy (non-hydrogen) atoms. The van der Waals surface area contributed by atoms with Crippen LogP contribution in [0.1, 0.15) is 49.7 Å². The number of halogens is 1. The third kappa shape index (κ3) is 6.05. The molecule has 3 heterocycles. The normalized spacial score (nSPS) is 15.0. The second-order valence-corrected chi connectivity index (χ2v) is 10.3. The summed E-state index contributed by atoms with van der Waals surface area (Å²) in [6, 6.07) is 4.94. The molecular weight excluding hydrogens is 483 g/mol. The number of rotatable bonds is 7. The van der Waals surface area contributed by atoms with Gasteiger partial charge in [0, 0.05) is 18.7 Å². The third-order valence-corrected chi connectivity index (χ3v) is 7.76. The van der Waals surface area contributed by atoms with E-state index < -0.39 is 21.6 Å². The number of aromatic nitrogens is 2. The molecule has 1 fully saturated rings. The Labute approximate surface area is 201 Å². The summed E-state index contributed by atoms with van der Waals surface area (Å²) in [4.78, 5) is 8.62. The Morgan fingerprint density at radius 1 is 1.24 bits per heavy atom. The van der Waals surface area contributed by atoms with E-state index in [0.717, 1.165) is 17.5 Å². The average molecular weight is 511 g/mol. The Hall–Kier alpha value is -2.70. The second-order valence-electron chi connectivity index (χ2n) is 8.11. The molecule has 0 aliphatic carbocycles. The van der Waals surface area contributed by atoms with Gasteiger partial charge in [0.2, 0.25) is 10.0 Å². The highest BCUT2D eigenvalue weighted by Gasteiger charge is 2.30. The topological polar surface area (TPSA) is 122 Å². The average Bonchev–Trinajstić information content (AvgIpc) is 3.25. The van der Waals surface area contributed by atoms with E-state index >= 15 is 0 Å². The molecule has 0 radical (unpaired) electrons. The van der Waals surface area contributed by atoms with Gasteiger partial charge in [0.1, 0.15) is 17.7 Å². The molecule has 184 valence electrons. The molecule has 12 heteroatoms. The van der Waals surface area contributed by atoms with Crippen molar-refractivity contribution in [3.8, 4) is 0 Å². The summed E-state index contributed by atoms with van der Waals surface area (Å²) in [7, 11) is -3.19. The van der Waals surface area contributed by atoms with E-state index in [-0.39, 0.29) is 17.5 Å². The standard InChI is InChI=1S/C22H27FN4O3S.O2S/c1-3-4-11-31(28,29)27-9-7-16(8-10-27)17-13-30-21-20(17)24-14-25-22(21)26-19-6-5-15(2)12-18(19)23;1-3-2/h5-6,12-14,16H,3-4,7-11H2,1-2H3,(H,24,25,26);. The number of hydrogen-bond donors (Lipinski definition) is 1. The van der Waals surface area contributed by atoms with Gasteiger partial charge in [-0.05, 0) is 49.8 Å². The Kier molecular flexibility index (Phi) is 8.86. The van der Waals surface area contributed by atoms with Crippen LogP contribution >= 0.6 is 0 Å². The van der Waals surface area contributed by atoms with Crippen molar-refractivity contribution in [3.63, 3.8) is 0 Å². The van der Waals surface area contributed by atoms with Gasteiger partial charge in [0.15, 0.2) is 11.4 Å². The summed E-state index contributed by atoms with van der Waals surface area (Å²) < 4.78 is 63.1. The lowest BCUT2D eigenvalue weighted by atomic mass is 9.91. The molecule has 2 aromatic heterocycles. The molecular formula is C22H27FN4O5S2. The molecule has 0 amide bonds. The first-order valence-corrected chi connectivity index (χ1v) is 13.2. The van der Waals surface area contributed by atoms with Gasteiger partial charge in [-0.25, -0.2) is 27.1 Å². The maximum absolute atomic E-state index is 14.3. The zero-order valence-electron chi connectivity index (χ0n) is 19.0. The zero-order chi connectivity index (χ0) is 24.7. The molecule has 0 spiro atoms. The van der Waals surface area contributed by atoms with Crippen molar-refractivity contribution >= 4 is 44.2 Å². The minimum absolute atomic E-state index is 0.151. The molecule has 3 aromatic rings. The first-order valence-electron chi connectivity index (χ1n) is 11.0. The minimum Gasteiger partial charge on any atom is -0.458 e. The Morgan fingerprint density at radius 3 is 2.59 bits per heavy atom. The van der Waals surface area contributed by atoms with E-state index in [4.69, 9.17) is 12.8 Å². The Morgan fingerprint density at radius 2 is 1.94 bits per heavy atom. The van der Waals surface area contributed by atoms with Crippen LogP contribution in [0.15, 0.2) is 35.2 Å². The first-order chi connectivity index (χ1) is 16.3. The zero-order valence-corrected chi connectivity index (χ0v) is 20.6. The fourth-order valence-electron chi connectivity index (χ4n) is 4.00. The van der Waals surface area contributed by atoms with Gasteiger partial charge >= 0.3 is 11.6 Å². The molecule has 1 aliphatic heterocycles. The van der Waals surface area contributed by atoms with Gasteiger partial charge < -0.3 is 9.73 Å². The number of fused-ring (bicyclic) bond motifs is 1. The monoisotopic (exact) mass is 510 g/mol. The lowest BCUT2D eigenvalue weighted by molar-refractivity contribution is 0.319. The Bertz CT molecular complexity index is 1270. The van der Waals surface area contributed by atoms with Crippen molar-refractivity contribution in [1.82, 2.24) is 14.3 Å². The van der Waals surface area contributed by atoms with Crippen LogP contribution in [0.4, 0.5) is 15.9 Å². The van der Waals surface area contributed by atoms with Gasteiger partial charge in [0.05, 0.1) is 17.7 Å². The van der Waals surface area contributed by atoms with E-state index in [1.165, 1.54) is 12.4 Å². The van der Waals surface area contributed by atoms with Gasteiger partial charge in [-0.1, -0.05) is 19.4 Å². The Balaban J connectivity index is 0.00000103. The van der Waals surface area contributed by atoms with Crippen LogP contribution in [0.5, 0.6) is 0 Å². The molecule has 1 aromatic carbocycles. The molecule has 9 nitrogen and oxygen atoms in total. The highest BCUT2D eigenvalue weighted by atomic mass is 32.2. The number of anilines is 2. The molecule has 1 aliphatic rings. The number of unbranched alkanes of at least 4 members (excludes halogenated alkanes) is 1. The summed E-state index contributed by atoms with van der Waals surface area (Å²) >= 11 is -0.750. The van der Waals surface area contributed by atoms with Crippen molar-refractivity contribution in [2.75, 3.05) is 24.2 Å². The van der Waals surface area contributed by atoms with Crippen LogP contribution in [0.2, 0.25) is 0 Å². The first kappa shape index (κ1) is 25.9. The predicted octanol–water partition coefficient (Wildman–Crippen LogP) is 4.05. The van der Waals surface area contributed by atoms with Gasteiger partial charge in [0.25, 0.3) is 0 Å². The molecule has 1 saturated heterocycles. The van der Waals surface area contributed by atoms with Crippen molar-refractivity contribution in [2.45, 2.75) is 45.4 Å². The van der Waals surface area contributed by atoms with E-state index in [0.29, 0.717) is 55.0 Å². The SMILES string of the molecule is CCCCS(=O)(=O)N1CCC(c2coc3c(Nc4ccc(C)cc4F)ncnc23)CC1.O=S=O. The second kappa shape index (κ2) is 11.6. The number of furan rings is 1. The molecule has 4 rings (SSSR count). The smallest absolute Gasteiger partial charge is 0.335 e. The number of sulfonamides is 1. The van der Waals surface area contributed by atoms with E-state index in [9.17, 15) is 12.8 Å². The van der Waals surface area contributed by atoms with E-state index in [1.54, 1.807) is 16.6 Å². The fourth-order valence-corrected chi connectivity index (χ4v) is 5.68. The number of aryl methyl sites for hydroxylation is 1. The molecule has 0 bridgehead atoms. The minimum atomic E-state index is -3.19. The third-order valence-electron chi connectivity index (χ3n) is 5.80. The van der Waals surface area contributed by atoms with E-state index in [1.807, 2.05) is 19.9 Å². The number of benzene rings is 1. The van der Waals surface area contributed by atoms with Crippen LogP contribution in [0.25, 0.3) is 11.1 Å². The molecule has 0 unspecified atom stereocenters. The maximum atomic E-state index is 14.3. The predicted molar refractivity (Wildman–Crippen MR) is 127 cm³/mol. The van der Waals surface area contributed by atoms with Gasteiger partial charge in [-0.15, -0.1) is 0 Å². The number of hydrogen-bond acceptors (Lipinski definition) is 8. The highest BCUT2D eigenvalue weighted by Crippen LogP contribution is 2.36. The van der Waals surface area contributed by atoms with Crippen LogP contribution in [0.3, 0.4) is 0 Å². The summed E-state index contributed by atoms with van der Waals surface area (Å²) in [6.07, 6.45) is 6.06. The number of piperidine rings is 1. The molecule has 0 saturated carbocycles. The largest absolute Gasteiger partial charge is 0.458 e. The summed E-state index contributed by atoms with van der Waals surface area (Å²) in [5.74, 6) is 0.396. The maximum Gasteiger partial charge on any atom is 0.335 e. The number of nitrogens with one attached hydrogen (secondary N) is 1. The summed E-state index contributed by atoms with van der Waals surface area (Å²) in [5.41, 5.74) is 3.23. The fraction of sp³-hybridized carbons (Fsp3) is 0.455.